The van der Waals surface area contributed by atoms with Crippen molar-refractivity contribution in [1.29, 1.82) is 0 Å². The van der Waals surface area contributed by atoms with Crippen LogP contribution in [0, 0.1) is 18.8 Å². The molecule has 2 aromatic carbocycles. The summed E-state index contributed by atoms with van der Waals surface area (Å²) in [4.78, 5) is 0. The van der Waals surface area contributed by atoms with E-state index < -0.39 is 0 Å². The molecule has 3 aliphatic carbocycles. The van der Waals surface area contributed by atoms with Gasteiger partial charge in [0.1, 0.15) is 0 Å². The maximum Gasteiger partial charge on any atom is -0.00643 e. The third kappa shape index (κ3) is 0.905. The summed E-state index contributed by atoms with van der Waals surface area (Å²) in [5, 5.41) is 3.06. The number of aryl methyl sites for hydroxylation is 1. The zero-order valence-corrected chi connectivity index (χ0v) is 10.4. The third-order valence-electron chi connectivity index (χ3n) is 4.83. The standard InChI is InChI=1S/C18H14/c1-10-6-7-14-12-4-2-3-5-13(12)18-16-9-11(16)8-15(10)17(14)18/h2-8,11,16H,9H2,1H3. The SMILES string of the molecule is Cc1ccc2c3c1=CC1CC1C=3c1ccccc1-2. The van der Waals surface area contributed by atoms with Crippen LogP contribution in [0.1, 0.15) is 17.5 Å². The molecule has 2 aromatic rings. The molecule has 0 heteroatoms. The second-order valence-electron chi connectivity index (χ2n) is 5.85. The molecule has 5 rings (SSSR count). The van der Waals surface area contributed by atoms with Crippen LogP contribution < -0.4 is 10.4 Å². The Kier molecular flexibility index (Phi) is 1.41. The largest absolute Gasteiger partial charge is 0.0726 e. The Labute approximate surface area is 106 Å². The summed E-state index contributed by atoms with van der Waals surface area (Å²) in [5.41, 5.74) is 7.49. The summed E-state index contributed by atoms with van der Waals surface area (Å²) in [6.07, 6.45) is 3.88. The van der Waals surface area contributed by atoms with Gasteiger partial charge in [0.2, 0.25) is 0 Å². The van der Waals surface area contributed by atoms with Crippen LogP contribution >= 0.6 is 0 Å². The maximum atomic E-state index is 2.52. The molecule has 0 spiro atoms. The lowest BCUT2D eigenvalue weighted by Crippen LogP contribution is -2.32. The predicted octanol–water partition coefficient (Wildman–Crippen LogP) is 2.60. The van der Waals surface area contributed by atoms with Gasteiger partial charge in [-0.3, -0.25) is 0 Å². The minimum Gasteiger partial charge on any atom is -0.0726 e. The Bertz CT molecular complexity index is 824. The van der Waals surface area contributed by atoms with E-state index in [2.05, 4.69) is 49.4 Å². The number of rotatable bonds is 0. The van der Waals surface area contributed by atoms with Gasteiger partial charge in [0.05, 0.1) is 0 Å². The molecule has 2 atom stereocenters. The minimum absolute atomic E-state index is 0.807. The first-order chi connectivity index (χ1) is 8.84. The molecule has 86 valence electrons. The lowest BCUT2D eigenvalue weighted by atomic mass is 9.96. The van der Waals surface area contributed by atoms with Gasteiger partial charge in [0.15, 0.2) is 0 Å². The van der Waals surface area contributed by atoms with E-state index in [0.29, 0.717) is 0 Å². The smallest absolute Gasteiger partial charge is 0.00643 e. The van der Waals surface area contributed by atoms with Gasteiger partial charge in [-0.2, -0.15) is 0 Å². The van der Waals surface area contributed by atoms with E-state index >= 15 is 0 Å². The molecule has 0 bridgehead atoms. The Morgan fingerprint density at radius 3 is 2.67 bits per heavy atom. The van der Waals surface area contributed by atoms with Gasteiger partial charge in [-0.15, -0.1) is 0 Å². The molecule has 18 heavy (non-hydrogen) atoms. The molecule has 2 unspecified atom stereocenters. The van der Waals surface area contributed by atoms with Crippen LogP contribution in [0.15, 0.2) is 36.4 Å². The molecular weight excluding hydrogens is 216 g/mol. The fourth-order valence-corrected chi connectivity index (χ4v) is 3.87. The Hall–Kier alpha value is -1.82. The highest BCUT2D eigenvalue weighted by Crippen LogP contribution is 2.52. The highest BCUT2D eigenvalue weighted by Gasteiger charge is 2.43. The monoisotopic (exact) mass is 230 g/mol. The van der Waals surface area contributed by atoms with Crippen molar-refractivity contribution in [2.75, 3.05) is 0 Å². The topological polar surface area (TPSA) is 0 Å². The zero-order valence-electron chi connectivity index (χ0n) is 10.4. The van der Waals surface area contributed by atoms with Gasteiger partial charge in [0, 0.05) is 0 Å². The molecule has 3 aliphatic rings. The van der Waals surface area contributed by atoms with Crippen LogP contribution in [0.3, 0.4) is 0 Å². The Balaban J connectivity index is 2.08. The summed E-state index contributed by atoms with van der Waals surface area (Å²) in [6.45, 7) is 2.25. The molecule has 0 saturated heterocycles. The molecule has 0 N–H and O–H groups in total. The number of hydrogen-bond donors (Lipinski definition) is 0. The molecule has 0 nitrogen and oxygen atoms in total. The first-order valence-corrected chi connectivity index (χ1v) is 6.80. The van der Waals surface area contributed by atoms with Gasteiger partial charge in [-0.1, -0.05) is 42.5 Å². The average Bonchev–Trinajstić information content (AvgIpc) is 3.10. The molecule has 1 fully saturated rings. The van der Waals surface area contributed by atoms with E-state index in [-0.39, 0.29) is 0 Å². The lowest BCUT2D eigenvalue weighted by Gasteiger charge is -2.08. The van der Waals surface area contributed by atoms with Crippen molar-refractivity contribution >= 4 is 11.6 Å². The predicted molar refractivity (Wildman–Crippen MR) is 74.4 cm³/mol. The van der Waals surface area contributed by atoms with Crippen LogP contribution in [-0.4, -0.2) is 0 Å². The first-order valence-electron chi connectivity index (χ1n) is 6.80. The molecule has 0 heterocycles. The Morgan fingerprint density at radius 1 is 0.944 bits per heavy atom. The number of benzene rings is 2. The first kappa shape index (κ1) is 9.16. The second-order valence-corrected chi connectivity index (χ2v) is 5.85. The Morgan fingerprint density at radius 2 is 1.78 bits per heavy atom. The van der Waals surface area contributed by atoms with Crippen molar-refractivity contribution in [2.45, 2.75) is 13.3 Å². The molecule has 0 radical (unpaired) electrons. The van der Waals surface area contributed by atoms with Gasteiger partial charge in [-0.05, 0) is 63.4 Å². The highest BCUT2D eigenvalue weighted by atomic mass is 14.5. The minimum atomic E-state index is 0.807. The van der Waals surface area contributed by atoms with Crippen LogP contribution in [0.25, 0.3) is 22.8 Å². The van der Waals surface area contributed by atoms with Crippen LogP contribution in [0.4, 0.5) is 0 Å². The van der Waals surface area contributed by atoms with Crippen molar-refractivity contribution in [3.63, 3.8) is 0 Å². The fourth-order valence-electron chi connectivity index (χ4n) is 3.87. The summed E-state index contributed by atoms with van der Waals surface area (Å²) >= 11 is 0. The van der Waals surface area contributed by atoms with Crippen molar-refractivity contribution in [3.05, 3.63) is 58.0 Å². The second kappa shape index (κ2) is 2.77. The maximum absolute atomic E-state index is 2.52. The fraction of sp³-hybridized carbons (Fsp3) is 0.222. The third-order valence-corrected chi connectivity index (χ3v) is 4.83. The van der Waals surface area contributed by atoms with Crippen molar-refractivity contribution < 1.29 is 0 Å². The quantitative estimate of drug-likeness (QED) is 0.652. The van der Waals surface area contributed by atoms with Crippen LogP contribution in [0.2, 0.25) is 0 Å². The summed E-state index contributed by atoms with van der Waals surface area (Å²) in [7, 11) is 0. The van der Waals surface area contributed by atoms with E-state index in [1.807, 2.05) is 0 Å². The van der Waals surface area contributed by atoms with E-state index in [0.717, 1.165) is 11.8 Å². The van der Waals surface area contributed by atoms with Crippen molar-refractivity contribution in [2.24, 2.45) is 11.8 Å². The molecule has 0 amide bonds. The zero-order chi connectivity index (χ0) is 11.9. The summed E-state index contributed by atoms with van der Waals surface area (Å²) in [6, 6.07) is 13.5. The van der Waals surface area contributed by atoms with E-state index in [1.165, 1.54) is 33.9 Å². The van der Waals surface area contributed by atoms with E-state index in [4.69, 9.17) is 0 Å². The molecular formula is C18H14. The van der Waals surface area contributed by atoms with Crippen molar-refractivity contribution in [1.82, 2.24) is 0 Å². The van der Waals surface area contributed by atoms with Gasteiger partial charge in [-0.25, -0.2) is 0 Å². The van der Waals surface area contributed by atoms with E-state index in [1.54, 1.807) is 10.8 Å². The van der Waals surface area contributed by atoms with Crippen LogP contribution in [-0.2, 0) is 0 Å². The average molecular weight is 230 g/mol. The highest BCUT2D eigenvalue weighted by molar-refractivity contribution is 5.92. The van der Waals surface area contributed by atoms with Crippen molar-refractivity contribution in [3.8, 4) is 11.1 Å². The summed E-state index contributed by atoms with van der Waals surface area (Å²) < 4.78 is 0. The van der Waals surface area contributed by atoms with Gasteiger partial charge < -0.3 is 0 Å². The van der Waals surface area contributed by atoms with E-state index in [9.17, 15) is 0 Å². The molecule has 0 aliphatic heterocycles. The van der Waals surface area contributed by atoms with Crippen LogP contribution in [0.5, 0.6) is 0 Å². The molecule has 1 saturated carbocycles. The summed E-state index contributed by atoms with van der Waals surface area (Å²) in [5.74, 6) is 1.62. The van der Waals surface area contributed by atoms with Gasteiger partial charge >= 0.3 is 0 Å². The lowest BCUT2D eigenvalue weighted by molar-refractivity contribution is 1.03. The normalized spacial score (nSPS) is 25.1. The molecule has 0 aromatic heterocycles. The number of fused-ring (bicyclic) bond motifs is 5. The van der Waals surface area contributed by atoms with Gasteiger partial charge in [0.25, 0.3) is 0 Å². The number of hydrogen-bond acceptors (Lipinski definition) is 0.